The van der Waals surface area contributed by atoms with Gasteiger partial charge in [0, 0.05) is 43.2 Å². The minimum atomic E-state index is -2.87. The molecule has 0 amide bonds. The topological polar surface area (TPSA) is 89.0 Å². The number of hydrogen-bond acceptors (Lipinski definition) is 7. The highest BCUT2D eigenvalue weighted by Crippen LogP contribution is 2.49. The zero-order chi connectivity index (χ0) is 27.0. The van der Waals surface area contributed by atoms with Gasteiger partial charge in [-0.25, -0.2) is 23.7 Å². The van der Waals surface area contributed by atoms with Gasteiger partial charge < -0.3 is 15.4 Å². The summed E-state index contributed by atoms with van der Waals surface area (Å²) >= 11 is 0. The first-order valence-corrected chi connectivity index (χ1v) is 13.2. The molecule has 1 aliphatic carbocycles. The maximum absolute atomic E-state index is 13.5. The molecule has 2 N–H and O–H groups in total. The van der Waals surface area contributed by atoms with Gasteiger partial charge in [-0.2, -0.15) is 0 Å². The molecule has 200 valence electrons. The number of ketones is 1. The van der Waals surface area contributed by atoms with Crippen LogP contribution < -0.4 is 15.4 Å². The number of nitrogens with zero attached hydrogens (tertiary/aromatic N) is 3. The Morgan fingerprint density at radius 3 is 2.77 bits per heavy atom. The van der Waals surface area contributed by atoms with Crippen molar-refractivity contribution in [2.45, 2.75) is 44.6 Å². The Morgan fingerprint density at radius 2 is 1.97 bits per heavy atom. The first-order chi connectivity index (χ1) is 18.9. The number of halogens is 2. The van der Waals surface area contributed by atoms with E-state index < -0.39 is 17.6 Å². The zero-order valence-electron chi connectivity index (χ0n) is 21.6. The molecular weight excluding hydrogens is 500 g/mol. The summed E-state index contributed by atoms with van der Waals surface area (Å²) in [7, 11) is 0. The zero-order valence-corrected chi connectivity index (χ0v) is 21.6. The summed E-state index contributed by atoms with van der Waals surface area (Å²) in [5.41, 5.74) is 2.97. The predicted octanol–water partition coefficient (Wildman–Crippen LogP) is 5.72. The molecule has 1 aliphatic heterocycles. The number of ether oxygens (including phenoxy) is 1. The van der Waals surface area contributed by atoms with Crippen LogP contribution in [0.15, 0.2) is 60.9 Å². The first kappa shape index (κ1) is 25.3. The summed E-state index contributed by atoms with van der Waals surface area (Å²) in [5, 5.41) is 8.38. The van der Waals surface area contributed by atoms with E-state index in [1.165, 1.54) is 0 Å². The number of piperidine rings is 1. The van der Waals surface area contributed by atoms with Crippen molar-refractivity contribution >= 4 is 22.5 Å². The first-order valence-electron chi connectivity index (χ1n) is 13.2. The van der Waals surface area contributed by atoms with Gasteiger partial charge in [-0.15, -0.1) is 0 Å². The number of alkyl halides is 2. The number of anilines is 1. The fraction of sp³-hybridized carbons (Fsp3) is 0.333. The van der Waals surface area contributed by atoms with Crippen LogP contribution >= 0.6 is 0 Å². The van der Waals surface area contributed by atoms with Crippen LogP contribution in [0.5, 0.6) is 11.6 Å². The highest BCUT2D eigenvalue weighted by Gasteiger charge is 2.60. The molecule has 0 unspecified atom stereocenters. The third-order valence-electron chi connectivity index (χ3n) is 7.41. The average molecular weight is 530 g/mol. The van der Waals surface area contributed by atoms with Crippen molar-refractivity contribution in [1.29, 1.82) is 0 Å². The van der Waals surface area contributed by atoms with Crippen molar-refractivity contribution in [3.05, 3.63) is 72.1 Å². The number of hydrogen-bond donors (Lipinski definition) is 2. The SMILES string of the molecule is Cc1ccc2c(CC(=O)[C@@H]3CC3(F)F)cccc2c1Oc1ncccc1-c1ccnc(N[C@H]2CCCNC2)n1. The maximum Gasteiger partial charge on any atom is 0.258 e. The van der Waals surface area contributed by atoms with Crippen LogP contribution in [0, 0.1) is 12.8 Å². The number of rotatable bonds is 8. The Kier molecular flexibility index (Phi) is 6.68. The van der Waals surface area contributed by atoms with E-state index in [2.05, 4.69) is 20.6 Å². The molecule has 0 bridgehead atoms. The van der Waals surface area contributed by atoms with Crippen LogP contribution in [0.3, 0.4) is 0 Å². The van der Waals surface area contributed by atoms with Crippen LogP contribution in [0.4, 0.5) is 14.7 Å². The van der Waals surface area contributed by atoms with E-state index in [0.29, 0.717) is 34.4 Å². The molecular formula is C30H29F2N5O2. The number of aryl methyl sites for hydroxylation is 1. The molecule has 0 spiro atoms. The lowest BCUT2D eigenvalue weighted by atomic mass is 9.97. The third-order valence-corrected chi connectivity index (χ3v) is 7.41. The molecule has 3 heterocycles. The standard InChI is InChI=1S/C30H29F2N5O2/c1-18-9-10-21-19(15-26(38)24-16-30(24,31)32)5-2-7-22(21)27(18)39-28-23(8-4-13-34-28)25-11-14-35-29(37-25)36-20-6-3-12-33-17-20/h2,4-5,7-11,13-14,20,24,33H,3,6,12,15-17H2,1H3,(H,35,36,37)/t20-,24-/m0/s1. The lowest BCUT2D eigenvalue weighted by Gasteiger charge is -2.23. The molecule has 1 saturated carbocycles. The summed E-state index contributed by atoms with van der Waals surface area (Å²) in [6.45, 7) is 3.83. The van der Waals surface area contributed by atoms with Crippen LogP contribution in [-0.2, 0) is 11.2 Å². The monoisotopic (exact) mass is 529 g/mol. The van der Waals surface area contributed by atoms with Crippen molar-refractivity contribution in [3.63, 3.8) is 0 Å². The molecule has 9 heteroatoms. The summed E-state index contributed by atoms with van der Waals surface area (Å²) in [6, 6.07) is 15.2. The van der Waals surface area contributed by atoms with Gasteiger partial charge in [0.05, 0.1) is 17.2 Å². The van der Waals surface area contributed by atoms with Crippen molar-refractivity contribution in [3.8, 4) is 22.9 Å². The van der Waals surface area contributed by atoms with Gasteiger partial charge in [-0.1, -0.05) is 30.3 Å². The number of fused-ring (bicyclic) bond motifs is 1. The summed E-state index contributed by atoms with van der Waals surface area (Å²) in [4.78, 5) is 26.1. The van der Waals surface area contributed by atoms with Gasteiger partial charge in [0.15, 0.2) is 0 Å². The van der Waals surface area contributed by atoms with E-state index in [1.54, 1.807) is 12.4 Å². The molecule has 7 nitrogen and oxygen atoms in total. The smallest absolute Gasteiger partial charge is 0.258 e. The number of carbonyl (C=O) groups excluding carboxylic acids is 1. The van der Waals surface area contributed by atoms with E-state index in [0.717, 1.165) is 42.3 Å². The van der Waals surface area contributed by atoms with Gasteiger partial charge in [-0.05, 0) is 61.0 Å². The fourth-order valence-corrected chi connectivity index (χ4v) is 5.17. The van der Waals surface area contributed by atoms with Crippen molar-refractivity contribution in [2.75, 3.05) is 18.4 Å². The predicted molar refractivity (Wildman–Crippen MR) is 145 cm³/mol. The second-order valence-electron chi connectivity index (χ2n) is 10.3. The number of benzene rings is 2. The minimum Gasteiger partial charge on any atom is -0.437 e. The molecule has 4 aromatic rings. The largest absolute Gasteiger partial charge is 0.437 e. The second-order valence-corrected chi connectivity index (χ2v) is 10.3. The summed E-state index contributed by atoms with van der Waals surface area (Å²) in [5.74, 6) is -2.94. The van der Waals surface area contributed by atoms with Gasteiger partial charge in [0.1, 0.15) is 11.5 Å². The van der Waals surface area contributed by atoms with Crippen molar-refractivity contribution in [1.82, 2.24) is 20.3 Å². The van der Waals surface area contributed by atoms with Gasteiger partial charge >= 0.3 is 0 Å². The van der Waals surface area contributed by atoms with Gasteiger partial charge in [0.25, 0.3) is 5.92 Å². The maximum atomic E-state index is 13.5. The molecule has 2 aromatic carbocycles. The molecule has 1 saturated heterocycles. The third kappa shape index (κ3) is 5.31. The number of carbonyl (C=O) groups is 1. The van der Waals surface area contributed by atoms with Crippen molar-refractivity contribution < 1.29 is 18.3 Å². The van der Waals surface area contributed by atoms with E-state index in [-0.39, 0.29) is 18.9 Å². The highest BCUT2D eigenvalue weighted by molar-refractivity contribution is 5.96. The van der Waals surface area contributed by atoms with E-state index in [1.807, 2.05) is 55.5 Å². The second kappa shape index (κ2) is 10.3. The van der Waals surface area contributed by atoms with Crippen LogP contribution in [-0.4, -0.2) is 45.8 Å². The minimum absolute atomic E-state index is 0.0395. The van der Waals surface area contributed by atoms with E-state index in [9.17, 15) is 13.6 Å². The summed E-state index contributed by atoms with van der Waals surface area (Å²) < 4.78 is 33.4. The Labute approximate surface area is 225 Å². The Bertz CT molecular complexity index is 1540. The molecule has 0 radical (unpaired) electrons. The number of nitrogens with one attached hydrogen (secondary N) is 2. The Hall–Kier alpha value is -3.98. The van der Waals surface area contributed by atoms with E-state index >= 15 is 0 Å². The Balaban J connectivity index is 1.30. The number of aromatic nitrogens is 3. The lowest BCUT2D eigenvalue weighted by Crippen LogP contribution is -2.38. The van der Waals surface area contributed by atoms with Crippen LogP contribution in [0.1, 0.15) is 30.4 Å². The van der Waals surface area contributed by atoms with Crippen molar-refractivity contribution in [2.24, 2.45) is 5.92 Å². The molecule has 39 heavy (non-hydrogen) atoms. The molecule has 6 rings (SSSR count). The van der Waals surface area contributed by atoms with Gasteiger partial charge in [-0.3, -0.25) is 4.79 Å². The normalized spacial score (nSPS) is 20.0. The average Bonchev–Trinajstić information content (AvgIpc) is 3.59. The Morgan fingerprint density at radius 1 is 1.10 bits per heavy atom. The molecule has 2 aromatic heterocycles. The lowest BCUT2D eigenvalue weighted by molar-refractivity contribution is -0.121. The van der Waals surface area contributed by atoms with E-state index in [4.69, 9.17) is 9.72 Å². The molecule has 2 aliphatic rings. The number of pyridine rings is 1. The van der Waals surface area contributed by atoms with Gasteiger partial charge in [0.2, 0.25) is 11.8 Å². The summed E-state index contributed by atoms with van der Waals surface area (Å²) in [6.07, 6.45) is 5.14. The molecule has 2 atom stereocenters. The number of Topliss-reactive ketones (excluding diaryl/α,β-unsaturated/α-hetero) is 1. The quantitative estimate of drug-likeness (QED) is 0.302. The van der Waals surface area contributed by atoms with Crippen LogP contribution in [0.25, 0.3) is 22.0 Å². The fourth-order valence-electron chi connectivity index (χ4n) is 5.17. The molecule has 2 fully saturated rings. The van der Waals surface area contributed by atoms with Crippen LogP contribution in [0.2, 0.25) is 0 Å². The highest BCUT2D eigenvalue weighted by atomic mass is 19.3.